The van der Waals surface area contributed by atoms with Crippen molar-refractivity contribution >= 4 is 24.0 Å². The van der Waals surface area contributed by atoms with E-state index in [-0.39, 0.29) is 19.8 Å². The third kappa shape index (κ3) is 9.91. The van der Waals surface area contributed by atoms with Gasteiger partial charge in [-0.05, 0) is 12.0 Å². The molecule has 194 valence electrons. The van der Waals surface area contributed by atoms with Crippen LogP contribution in [0.5, 0.6) is 0 Å². The summed E-state index contributed by atoms with van der Waals surface area (Å²) in [4.78, 5) is 46.5. The molecule has 11 nitrogen and oxygen atoms in total. The molecule has 11 heteroatoms. The summed E-state index contributed by atoms with van der Waals surface area (Å²) in [5.74, 6) is -2.20. The molecule has 0 radical (unpaired) electrons. The minimum absolute atomic E-state index is 0.168. The zero-order valence-corrected chi connectivity index (χ0v) is 20.4. The highest BCUT2D eigenvalue weighted by molar-refractivity contribution is 5.68. The maximum absolute atomic E-state index is 11.8. The Morgan fingerprint density at radius 2 is 1.57 bits per heavy atom. The van der Waals surface area contributed by atoms with Crippen LogP contribution in [0.3, 0.4) is 0 Å². The summed E-state index contributed by atoms with van der Waals surface area (Å²) in [7, 11) is 0. The molecule has 1 aliphatic heterocycles. The van der Waals surface area contributed by atoms with Crippen LogP contribution >= 0.6 is 0 Å². The first kappa shape index (κ1) is 28.1. The highest BCUT2D eigenvalue weighted by atomic mass is 16.7. The lowest BCUT2D eigenvalue weighted by atomic mass is 9.92. The fourth-order valence-corrected chi connectivity index (χ4v) is 3.50. The summed E-state index contributed by atoms with van der Waals surface area (Å²) in [5.41, 5.74) is 0.882. The second-order valence-electron chi connectivity index (χ2n) is 8.07. The fourth-order valence-electron chi connectivity index (χ4n) is 3.50. The lowest BCUT2D eigenvalue weighted by molar-refractivity contribution is -0.288. The molecule has 0 aromatic heterocycles. The van der Waals surface area contributed by atoms with E-state index in [0.29, 0.717) is 13.0 Å². The van der Waals surface area contributed by atoms with Crippen molar-refractivity contribution in [3.8, 4) is 0 Å². The Balaban J connectivity index is 1.87. The molecule has 1 aromatic carbocycles. The Morgan fingerprint density at radius 1 is 0.914 bits per heavy atom. The number of hydrogen-bond acceptors (Lipinski definition) is 10. The molecular formula is C24H33NO10. The van der Waals surface area contributed by atoms with Crippen molar-refractivity contribution in [2.75, 3.05) is 19.8 Å². The van der Waals surface area contributed by atoms with Crippen LogP contribution in [0.2, 0.25) is 0 Å². The highest BCUT2D eigenvalue weighted by Crippen LogP contribution is 2.31. The number of alkyl carbamates (subject to hydrolysis) is 1. The molecular weight excluding hydrogens is 462 g/mol. The van der Waals surface area contributed by atoms with Crippen LogP contribution in [0, 0.1) is 5.92 Å². The van der Waals surface area contributed by atoms with Gasteiger partial charge in [-0.15, -0.1) is 0 Å². The van der Waals surface area contributed by atoms with Crippen molar-refractivity contribution in [2.24, 2.45) is 5.92 Å². The van der Waals surface area contributed by atoms with E-state index >= 15 is 0 Å². The minimum Gasteiger partial charge on any atom is -0.463 e. The van der Waals surface area contributed by atoms with Gasteiger partial charge in [-0.25, -0.2) is 4.79 Å². The summed E-state index contributed by atoms with van der Waals surface area (Å²) >= 11 is 0. The van der Waals surface area contributed by atoms with Gasteiger partial charge in [0, 0.05) is 33.2 Å². The van der Waals surface area contributed by atoms with Crippen LogP contribution in [0.4, 0.5) is 4.79 Å². The van der Waals surface area contributed by atoms with Gasteiger partial charge in [0.05, 0.1) is 6.61 Å². The van der Waals surface area contributed by atoms with Gasteiger partial charge >= 0.3 is 24.0 Å². The Labute approximate surface area is 204 Å². The van der Waals surface area contributed by atoms with Crippen molar-refractivity contribution in [1.82, 2.24) is 5.32 Å². The Morgan fingerprint density at radius 3 is 2.20 bits per heavy atom. The maximum Gasteiger partial charge on any atom is 0.407 e. The van der Waals surface area contributed by atoms with E-state index in [4.69, 9.17) is 28.4 Å². The highest BCUT2D eigenvalue weighted by Gasteiger charge is 2.48. The predicted molar refractivity (Wildman–Crippen MR) is 121 cm³/mol. The van der Waals surface area contributed by atoms with Crippen LogP contribution in [0.1, 0.15) is 39.7 Å². The Hall–Kier alpha value is -3.18. The number of nitrogens with one attached hydrogen (secondary N) is 1. The van der Waals surface area contributed by atoms with Crippen LogP contribution in [-0.2, 0) is 49.4 Å². The molecule has 5 atom stereocenters. The normalized spacial score (nSPS) is 23.6. The van der Waals surface area contributed by atoms with Gasteiger partial charge in [0.2, 0.25) is 0 Å². The summed E-state index contributed by atoms with van der Waals surface area (Å²) in [6.45, 7) is 5.89. The largest absolute Gasteiger partial charge is 0.463 e. The molecule has 1 heterocycles. The standard InChI is InChI=1S/C24H33NO10/c1-15-21(33-17(3)27)22(34-18(4)28)20(14-31-16(2)26)35-23(15)30-12-8-11-25-24(29)32-13-19-9-6-5-7-10-19/h5-7,9-10,15,20-23H,8,11-14H2,1-4H3,(H,25,29)/t15-,20+,21+,22+,23-/m0/s1. The quantitative estimate of drug-likeness (QED) is 0.276. The van der Waals surface area contributed by atoms with Crippen LogP contribution in [-0.4, -0.2) is 68.4 Å². The van der Waals surface area contributed by atoms with Crippen LogP contribution < -0.4 is 5.32 Å². The maximum atomic E-state index is 11.8. The van der Waals surface area contributed by atoms with E-state index < -0.39 is 54.5 Å². The SMILES string of the molecule is CC(=O)OC[C@H]1O[C@H](OCCCNC(=O)OCc2ccccc2)[C@@H](C)[C@@H](OC(C)=O)[C@@H]1OC(C)=O. The predicted octanol–water partition coefficient (Wildman–Crippen LogP) is 2.11. The lowest BCUT2D eigenvalue weighted by Crippen LogP contribution is -2.58. The Bertz CT molecular complexity index is 846. The second kappa shape index (κ2) is 14.3. The summed E-state index contributed by atoms with van der Waals surface area (Å²) < 4.78 is 32.7. The van der Waals surface area contributed by atoms with Crippen LogP contribution in [0.15, 0.2) is 30.3 Å². The van der Waals surface area contributed by atoms with E-state index in [0.717, 1.165) is 5.56 Å². The third-order valence-corrected chi connectivity index (χ3v) is 5.09. The third-order valence-electron chi connectivity index (χ3n) is 5.09. The molecule has 2 rings (SSSR count). The molecule has 35 heavy (non-hydrogen) atoms. The van der Waals surface area contributed by atoms with E-state index in [1.807, 2.05) is 30.3 Å². The zero-order valence-electron chi connectivity index (χ0n) is 20.4. The molecule has 0 unspecified atom stereocenters. The molecule has 1 aliphatic rings. The average Bonchev–Trinajstić information content (AvgIpc) is 2.80. The van der Waals surface area contributed by atoms with E-state index in [9.17, 15) is 19.2 Å². The number of carbonyl (C=O) groups excluding carboxylic acids is 4. The Kier molecular flexibility index (Phi) is 11.4. The first-order valence-corrected chi connectivity index (χ1v) is 11.4. The van der Waals surface area contributed by atoms with Gasteiger partial charge in [-0.2, -0.15) is 0 Å². The van der Waals surface area contributed by atoms with E-state index in [1.165, 1.54) is 20.8 Å². The van der Waals surface area contributed by atoms with Gasteiger partial charge in [0.25, 0.3) is 0 Å². The number of ether oxygens (including phenoxy) is 6. The molecule has 1 fully saturated rings. The molecule has 1 amide bonds. The zero-order chi connectivity index (χ0) is 25.8. The van der Waals surface area contributed by atoms with Crippen molar-refractivity contribution in [1.29, 1.82) is 0 Å². The number of rotatable bonds is 11. The molecule has 0 bridgehead atoms. The van der Waals surface area contributed by atoms with Crippen molar-refractivity contribution < 1.29 is 47.6 Å². The summed E-state index contributed by atoms with van der Waals surface area (Å²) in [6.07, 6.45) is -3.69. The number of carbonyl (C=O) groups is 4. The molecule has 1 aromatic rings. The molecule has 0 spiro atoms. The van der Waals surface area contributed by atoms with Gasteiger partial charge in [-0.3, -0.25) is 14.4 Å². The number of esters is 3. The van der Waals surface area contributed by atoms with Gasteiger partial charge < -0.3 is 33.7 Å². The monoisotopic (exact) mass is 495 g/mol. The number of amides is 1. The van der Waals surface area contributed by atoms with Gasteiger partial charge in [0.1, 0.15) is 25.4 Å². The van der Waals surface area contributed by atoms with Gasteiger partial charge in [-0.1, -0.05) is 37.3 Å². The fraction of sp³-hybridized carbons (Fsp3) is 0.583. The van der Waals surface area contributed by atoms with Crippen LogP contribution in [0.25, 0.3) is 0 Å². The van der Waals surface area contributed by atoms with E-state index in [2.05, 4.69) is 5.32 Å². The molecule has 0 saturated carbocycles. The van der Waals surface area contributed by atoms with E-state index in [1.54, 1.807) is 6.92 Å². The van der Waals surface area contributed by atoms with Crippen molar-refractivity contribution in [2.45, 2.75) is 65.3 Å². The smallest absolute Gasteiger partial charge is 0.407 e. The van der Waals surface area contributed by atoms with Gasteiger partial charge in [0.15, 0.2) is 12.4 Å². The van der Waals surface area contributed by atoms with Crippen molar-refractivity contribution in [3.63, 3.8) is 0 Å². The number of benzene rings is 1. The topological polar surface area (TPSA) is 136 Å². The second-order valence-corrected chi connectivity index (χ2v) is 8.07. The molecule has 1 saturated heterocycles. The number of hydrogen-bond donors (Lipinski definition) is 1. The molecule has 1 N–H and O–H groups in total. The summed E-state index contributed by atoms with van der Waals surface area (Å²) in [5, 5.41) is 2.64. The van der Waals surface area contributed by atoms with Crippen molar-refractivity contribution in [3.05, 3.63) is 35.9 Å². The lowest BCUT2D eigenvalue weighted by Gasteiger charge is -2.43. The molecule has 0 aliphatic carbocycles. The minimum atomic E-state index is -0.980. The first-order chi connectivity index (χ1) is 16.7. The first-order valence-electron chi connectivity index (χ1n) is 11.4. The summed E-state index contributed by atoms with van der Waals surface area (Å²) in [6, 6.07) is 9.32. The average molecular weight is 496 g/mol.